The van der Waals surface area contributed by atoms with Crippen molar-refractivity contribution in [1.29, 1.82) is 0 Å². The summed E-state index contributed by atoms with van der Waals surface area (Å²) >= 11 is 0. The number of methoxy groups -OCH3 is 1. The van der Waals surface area contributed by atoms with Gasteiger partial charge in [0.1, 0.15) is 11.8 Å². The van der Waals surface area contributed by atoms with Crippen LogP contribution in [0.15, 0.2) is 24.3 Å². The minimum atomic E-state index is -0.805. The van der Waals surface area contributed by atoms with Crippen LogP contribution in [0.1, 0.15) is 12.0 Å². The van der Waals surface area contributed by atoms with E-state index >= 15 is 0 Å². The van der Waals surface area contributed by atoms with Crippen LogP contribution in [0.5, 0.6) is 5.75 Å². The molecule has 0 saturated carbocycles. The number of amides is 4. The lowest BCUT2D eigenvalue weighted by Gasteiger charge is -2.27. The van der Waals surface area contributed by atoms with Crippen LogP contribution in [-0.2, 0) is 20.9 Å². The van der Waals surface area contributed by atoms with Crippen molar-refractivity contribution in [1.82, 2.24) is 15.1 Å². The van der Waals surface area contributed by atoms with Gasteiger partial charge in [0.15, 0.2) is 0 Å². The highest BCUT2D eigenvalue weighted by Crippen LogP contribution is 2.17. The van der Waals surface area contributed by atoms with E-state index in [0.29, 0.717) is 32.1 Å². The van der Waals surface area contributed by atoms with Gasteiger partial charge in [-0.15, -0.1) is 0 Å². The Morgan fingerprint density at radius 3 is 2.56 bits per heavy atom. The van der Waals surface area contributed by atoms with Gasteiger partial charge in [-0.3, -0.25) is 14.5 Å². The molecule has 0 bridgehead atoms. The van der Waals surface area contributed by atoms with Gasteiger partial charge in [0.05, 0.1) is 33.3 Å². The van der Waals surface area contributed by atoms with Crippen LogP contribution in [0.3, 0.4) is 0 Å². The molecule has 2 fully saturated rings. The molecule has 0 aromatic heterocycles. The van der Waals surface area contributed by atoms with Crippen LogP contribution in [0, 0.1) is 0 Å². The van der Waals surface area contributed by atoms with Gasteiger partial charge >= 0.3 is 6.03 Å². The van der Waals surface area contributed by atoms with Crippen LogP contribution in [-0.4, -0.2) is 67.1 Å². The van der Waals surface area contributed by atoms with Gasteiger partial charge in [0.25, 0.3) is 5.91 Å². The summed E-state index contributed by atoms with van der Waals surface area (Å²) in [7, 11) is 1.57. The summed E-state index contributed by atoms with van der Waals surface area (Å²) < 4.78 is 10.3. The largest absolute Gasteiger partial charge is 0.497 e. The lowest BCUT2D eigenvalue weighted by Crippen LogP contribution is -2.44. The summed E-state index contributed by atoms with van der Waals surface area (Å²) in [5.74, 6) is 0.186. The molecular formula is C17H21N3O5. The average molecular weight is 347 g/mol. The summed E-state index contributed by atoms with van der Waals surface area (Å²) in [6.45, 7) is 2.20. The highest BCUT2D eigenvalue weighted by Gasteiger charge is 2.39. The molecule has 0 aliphatic carbocycles. The summed E-state index contributed by atoms with van der Waals surface area (Å²) in [6.07, 6.45) is -0.0241. The van der Waals surface area contributed by atoms with E-state index in [0.717, 1.165) is 10.5 Å². The van der Waals surface area contributed by atoms with Gasteiger partial charge < -0.3 is 19.7 Å². The molecule has 1 aromatic carbocycles. The first-order valence-corrected chi connectivity index (χ1v) is 8.19. The normalized spacial score (nSPS) is 20.6. The molecule has 1 N–H and O–H groups in total. The predicted octanol–water partition coefficient (Wildman–Crippen LogP) is 0.365. The van der Waals surface area contributed by atoms with Gasteiger partial charge in [0, 0.05) is 13.1 Å². The molecule has 1 atom stereocenters. The highest BCUT2D eigenvalue weighted by atomic mass is 16.5. The highest BCUT2D eigenvalue weighted by molar-refractivity contribution is 6.05. The van der Waals surface area contributed by atoms with Crippen LogP contribution >= 0.6 is 0 Å². The molecule has 2 heterocycles. The SMILES string of the molecule is COc1ccc(CN2C(=O)N[C@@H](CC(=O)N3CCOCC3)C2=O)cc1. The third kappa shape index (κ3) is 3.90. The van der Waals surface area contributed by atoms with Crippen molar-refractivity contribution in [2.75, 3.05) is 33.4 Å². The zero-order valence-corrected chi connectivity index (χ0v) is 14.1. The van der Waals surface area contributed by atoms with Gasteiger partial charge in [-0.2, -0.15) is 0 Å². The maximum absolute atomic E-state index is 12.5. The lowest BCUT2D eigenvalue weighted by atomic mass is 10.1. The summed E-state index contributed by atoms with van der Waals surface area (Å²) in [4.78, 5) is 39.7. The van der Waals surface area contributed by atoms with Gasteiger partial charge in [-0.1, -0.05) is 12.1 Å². The van der Waals surface area contributed by atoms with Crippen molar-refractivity contribution in [3.8, 4) is 5.75 Å². The number of urea groups is 1. The summed E-state index contributed by atoms with van der Waals surface area (Å²) in [6, 6.07) is 5.86. The van der Waals surface area contributed by atoms with E-state index in [1.807, 2.05) is 0 Å². The van der Waals surface area contributed by atoms with Crippen molar-refractivity contribution >= 4 is 17.8 Å². The fourth-order valence-corrected chi connectivity index (χ4v) is 2.89. The van der Waals surface area contributed by atoms with Crippen molar-refractivity contribution in [2.45, 2.75) is 19.0 Å². The minimum absolute atomic E-state index is 0.0241. The molecule has 0 radical (unpaired) electrons. The topological polar surface area (TPSA) is 88.2 Å². The first-order chi connectivity index (χ1) is 12.1. The first-order valence-electron chi connectivity index (χ1n) is 8.19. The van der Waals surface area contributed by atoms with Crippen LogP contribution in [0.4, 0.5) is 4.79 Å². The standard InChI is InChI=1S/C17H21N3O5/c1-24-13-4-2-12(3-5-13)11-20-16(22)14(18-17(20)23)10-15(21)19-6-8-25-9-7-19/h2-5,14H,6-11H2,1H3,(H,18,23)/t14-/m0/s1. The number of nitrogens with zero attached hydrogens (tertiary/aromatic N) is 2. The molecule has 2 aliphatic heterocycles. The maximum atomic E-state index is 12.5. The van der Waals surface area contributed by atoms with E-state index in [1.54, 1.807) is 36.3 Å². The molecule has 2 aliphatic rings. The van der Waals surface area contributed by atoms with Gasteiger partial charge in [0.2, 0.25) is 5.91 Å². The van der Waals surface area contributed by atoms with Crippen molar-refractivity contribution in [3.05, 3.63) is 29.8 Å². The van der Waals surface area contributed by atoms with Crippen molar-refractivity contribution < 1.29 is 23.9 Å². The lowest BCUT2D eigenvalue weighted by molar-refractivity contribution is -0.138. The number of hydrogen-bond donors (Lipinski definition) is 1. The molecule has 25 heavy (non-hydrogen) atoms. The smallest absolute Gasteiger partial charge is 0.325 e. The Kier molecular flexibility index (Phi) is 5.18. The minimum Gasteiger partial charge on any atom is -0.497 e. The molecule has 0 unspecified atom stereocenters. The Hall–Kier alpha value is -2.61. The molecule has 0 spiro atoms. The second-order valence-corrected chi connectivity index (χ2v) is 5.97. The average Bonchev–Trinajstić information content (AvgIpc) is 2.90. The Balaban J connectivity index is 1.60. The van der Waals surface area contributed by atoms with Gasteiger partial charge in [-0.25, -0.2) is 4.79 Å². The van der Waals surface area contributed by atoms with Crippen molar-refractivity contribution in [2.24, 2.45) is 0 Å². The fourth-order valence-electron chi connectivity index (χ4n) is 2.89. The summed E-state index contributed by atoms with van der Waals surface area (Å²) in [5, 5.41) is 2.60. The van der Waals surface area contributed by atoms with E-state index in [4.69, 9.17) is 9.47 Å². The van der Waals surface area contributed by atoms with Crippen LogP contribution in [0.2, 0.25) is 0 Å². The second kappa shape index (κ2) is 7.52. The molecule has 4 amide bonds. The Bertz CT molecular complexity index is 655. The number of imide groups is 1. The number of benzene rings is 1. The number of morpholine rings is 1. The number of carbonyl (C=O) groups excluding carboxylic acids is 3. The Morgan fingerprint density at radius 1 is 1.24 bits per heavy atom. The predicted molar refractivity (Wildman–Crippen MR) is 87.9 cm³/mol. The molecule has 8 heteroatoms. The van der Waals surface area contributed by atoms with Crippen molar-refractivity contribution in [3.63, 3.8) is 0 Å². The number of nitrogens with one attached hydrogen (secondary N) is 1. The molecule has 8 nitrogen and oxygen atoms in total. The zero-order valence-electron chi connectivity index (χ0n) is 14.1. The van der Waals surface area contributed by atoms with E-state index in [9.17, 15) is 14.4 Å². The molecule has 3 rings (SSSR count). The molecule has 1 aromatic rings. The van der Waals surface area contributed by atoms with E-state index in [2.05, 4.69) is 5.32 Å². The number of rotatable bonds is 5. The van der Waals surface area contributed by atoms with E-state index in [-0.39, 0.29) is 24.8 Å². The third-order valence-corrected chi connectivity index (χ3v) is 4.35. The monoisotopic (exact) mass is 347 g/mol. The molecular weight excluding hydrogens is 326 g/mol. The number of hydrogen-bond acceptors (Lipinski definition) is 5. The zero-order chi connectivity index (χ0) is 17.8. The second-order valence-electron chi connectivity index (χ2n) is 5.97. The number of ether oxygens (including phenoxy) is 2. The molecule has 134 valence electrons. The first kappa shape index (κ1) is 17.2. The third-order valence-electron chi connectivity index (χ3n) is 4.35. The van der Waals surface area contributed by atoms with E-state index < -0.39 is 12.1 Å². The fraction of sp³-hybridized carbons (Fsp3) is 0.471. The maximum Gasteiger partial charge on any atom is 0.325 e. The Labute approximate surface area is 145 Å². The number of carbonyl (C=O) groups is 3. The summed E-state index contributed by atoms with van der Waals surface area (Å²) in [5.41, 5.74) is 0.810. The quantitative estimate of drug-likeness (QED) is 0.777. The van der Waals surface area contributed by atoms with E-state index in [1.165, 1.54) is 0 Å². The van der Waals surface area contributed by atoms with Gasteiger partial charge in [-0.05, 0) is 17.7 Å². The van der Waals surface area contributed by atoms with Crippen LogP contribution < -0.4 is 10.1 Å². The Morgan fingerprint density at radius 2 is 1.92 bits per heavy atom. The van der Waals surface area contributed by atoms with Crippen LogP contribution in [0.25, 0.3) is 0 Å². The molecule has 2 saturated heterocycles.